The summed E-state index contributed by atoms with van der Waals surface area (Å²) in [6.07, 6.45) is 8.17. The van der Waals surface area contributed by atoms with Gasteiger partial charge in [-0.1, -0.05) is 24.3 Å². The van der Waals surface area contributed by atoms with Gasteiger partial charge in [0.2, 0.25) is 11.8 Å². The molecule has 6 aromatic rings. The van der Waals surface area contributed by atoms with Crippen LogP contribution in [0.15, 0.2) is 73.3 Å². The quantitative estimate of drug-likeness (QED) is 0.0812. The second-order valence-corrected chi connectivity index (χ2v) is 25.1. The molecule has 428 valence electrons. The molecule has 2 saturated carbocycles. The van der Waals surface area contributed by atoms with Crippen molar-refractivity contribution in [2.75, 3.05) is 27.3 Å². The van der Waals surface area contributed by atoms with Gasteiger partial charge in [-0.2, -0.15) is 0 Å². The molecule has 0 radical (unpaired) electrons. The normalized spacial score (nSPS) is 20.4. The Balaban J connectivity index is 0.000000194. The van der Waals surface area contributed by atoms with Crippen molar-refractivity contribution in [3.05, 3.63) is 129 Å². The van der Waals surface area contributed by atoms with Crippen LogP contribution in [0.4, 0.5) is 27.2 Å². The molecule has 18 heteroatoms. The number of carbonyl (C=O) groups excluding carboxylic acids is 4. The lowest BCUT2D eigenvalue weighted by atomic mass is 9.59. The molecule has 80 heavy (non-hydrogen) atoms. The van der Waals surface area contributed by atoms with Crippen LogP contribution in [0.1, 0.15) is 170 Å². The second-order valence-electron chi connectivity index (χ2n) is 25.1. The van der Waals surface area contributed by atoms with E-state index in [2.05, 4.69) is 45.7 Å². The van der Waals surface area contributed by atoms with Gasteiger partial charge in [0, 0.05) is 86.4 Å². The van der Waals surface area contributed by atoms with Crippen molar-refractivity contribution in [1.29, 1.82) is 0 Å². The van der Waals surface area contributed by atoms with E-state index >= 15 is 0 Å². The molecule has 2 atom stereocenters. The molecule has 2 spiro atoms. The minimum absolute atomic E-state index is 0.0927. The van der Waals surface area contributed by atoms with E-state index in [4.69, 9.17) is 18.9 Å². The van der Waals surface area contributed by atoms with Crippen molar-refractivity contribution in [1.82, 2.24) is 28.9 Å². The minimum atomic E-state index is -2.61. The van der Waals surface area contributed by atoms with Crippen LogP contribution < -0.4 is 0 Å². The van der Waals surface area contributed by atoms with E-state index in [-0.39, 0.29) is 49.2 Å². The van der Waals surface area contributed by atoms with Crippen LogP contribution in [0, 0.1) is 38.5 Å². The first-order valence-electron chi connectivity index (χ1n) is 27.4. The van der Waals surface area contributed by atoms with Gasteiger partial charge < -0.3 is 18.9 Å². The van der Waals surface area contributed by atoms with Gasteiger partial charge in [-0.05, 0) is 188 Å². The van der Waals surface area contributed by atoms with E-state index in [1.165, 1.54) is 14.2 Å². The highest BCUT2D eigenvalue weighted by Crippen LogP contribution is 2.62. The number of benzene rings is 2. The smallest absolute Gasteiger partial charge is 0.418 e. The number of esters is 2. The van der Waals surface area contributed by atoms with Gasteiger partial charge in [-0.3, -0.25) is 18.9 Å². The van der Waals surface area contributed by atoms with Gasteiger partial charge in [-0.15, -0.1) is 0 Å². The molecule has 0 amide bonds. The van der Waals surface area contributed by atoms with Crippen LogP contribution >= 0.6 is 0 Å². The summed E-state index contributed by atoms with van der Waals surface area (Å²) in [6, 6.07) is 14.7. The Morgan fingerprint density at radius 1 is 0.562 bits per heavy atom. The lowest BCUT2D eigenvalue weighted by Gasteiger charge is -2.54. The van der Waals surface area contributed by atoms with Crippen molar-refractivity contribution in [2.24, 2.45) is 10.8 Å². The summed E-state index contributed by atoms with van der Waals surface area (Å²) >= 11 is 0. The molecule has 2 aliphatic carbocycles. The third kappa shape index (κ3) is 12.0. The zero-order valence-corrected chi connectivity index (χ0v) is 48.0. The molecule has 6 heterocycles. The Morgan fingerprint density at radius 2 is 0.925 bits per heavy atom. The maximum atomic E-state index is 14.0. The number of piperidine rings is 2. The maximum absolute atomic E-state index is 14.0. The van der Waals surface area contributed by atoms with Gasteiger partial charge >= 0.3 is 24.1 Å². The fourth-order valence-corrected chi connectivity index (χ4v) is 13.1. The lowest BCUT2D eigenvalue weighted by molar-refractivity contribution is -0.186. The molecule has 4 aliphatic rings. The molecule has 4 fully saturated rings. The summed E-state index contributed by atoms with van der Waals surface area (Å²) in [5, 5.41) is 1.94. The summed E-state index contributed by atoms with van der Waals surface area (Å²) in [5.41, 5.74) is 8.06. The first kappa shape index (κ1) is 58.0. The Morgan fingerprint density at radius 3 is 1.23 bits per heavy atom. The number of nitrogens with zero attached hydrogens (tertiary/aromatic N) is 6. The molecule has 2 saturated heterocycles. The maximum Gasteiger partial charge on any atom is 0.418 e. The number of rotatable bonds is 8. The summed E-state index contributed by atoms with van der Waals surface area (Å²) in [7, 11) is 2.62. The van der Waals surface area contributed by atoms with Gasteiger partial charge in [-0.25, -0.2) is 46.7 Å². The van der Waals surface area contributed by atoms with Crippen LogP contribution in [0.3, 0.4) is 0 Å². The number of aryl methyl sites for hydroxylation is 4. The van der Waals surface area contributed by atoms with Crippen LogP contribution in [-0.2, 0) is 32.0 Å². The molecule has 0 N–H and O–H groups in total. The summed E-state index contributed by atoms with van der Waals surface area (Å²) < 4.78 is 80.1. The van der Waals surface area contributed by atoms with Crippen LogP contribution in [-0.4, -0.2) is 103 Å². The number of likely N-dealkylation sites (tertiary alicyclic amines) is 2. The third-order valence-electron chi connectivity index (χ3n) is 16.5. The van der Waals surface area contributed by atoms with Crippen LogP contribution in [0.25, 0.3) is 21.8 Å². The molecular formula is C62H74F4N6O8. The van der Waals surface area contributed by atoms with Gasteiger partial charge in [0.15, 0.2) is 0 Å². The van der Waals surface area contributed by atoms with Gasteiger partial charge in [0.05, 0.1) is 25.3 Å². The molecule has 14 nitrogen and oxygen atoms in total. The highest BCUT2D eigenvalue weighted by molar-refractivity contribution is 5.95. The van der Waals surface area contributed by atoms with Crippen molar-refractivity contribution in [3.63, 3.8) is 0 Å². The Kier molecular flexibility index (Phi) is 15.5. The summed E-state index contributed by atoms with van der Waals surface area (Å²) in [4.78, 5) is 63.1. The van der Waals surface area contributed by atoms with Crippen LogP contribution in [0.5, 0.6) is 0 Å². The topological polar surface area (TPSA) is 147 Å². The average Bonchev–Trinajstić information content (AvgIpc) is 4.02. The molecular weight excluding hydrogens is 1030 g/mol. The number of fused-ring (bicyclic) bond motifs is 2. The number of pyridine rings is 2. The summed E-state index contributed by atoms with van der Waals surface area (Å²) in [5.74, 6) is -6.25. The number of methoxy groups -OCH3 is 2. The zero-order chi connectivity index (χ0) is 58.1. The van der Waals surface area contributed by atoms with E-state index in [0.717, 1.165) is 66.3 Å². The van der Waals surface area contributed by atoms with Crippen molar-refractivity contribution < 1.29 is 55.7 Å². The number of hydrogen-bond donors (Lipinski definition) is 0. The first-order chi connectivity index (χ1) is 37.4. The number of hydrogen-bond acceptors (Lipinski definition) is 12. The van der Waals surface area contributed by atoms with Crippen molar-refractivity contribution in [2.45, 2.75) is 169 Å². The lowest BCUT2D eigenvalue weighted by Crippen LogP contribution is -2.53. The van der Waals surface area contributed by atoms with Gasteiger partial charge in [0.25, 0.3) is 0 Å². The molecule has 2 aliphatic heterocycles. The molecule has 0 bridgehead atoms. The number of alkyl halides is 4. The Bertz CT molecular complexity index is 3120. The second kappa shape index (κ2) is 21.3. The van der Waals surface area contributed by atoms with E-state index in [0.29, 0.717) is 51.9 Å². The average molecular weight is 1110 g/mol. The first-order valence-corrected chi connectivity index (χ1v) is 27.4. The third-order valence-corrected chi connectivity index (χ3v) is 16.5. The number of halogens is 4. The SMILES string of the molecule is COC(=O)c1ccc([C@H]2CC3(CCN2Cc2c(C)cc(C)c4c2ccn4C(=O)OC(C)(C)C)CC(F)(F)C3)cn1.COC(=O)c1ccc([C@H]2CC3(CCN2Cc2c(C)cc(C)c4c2ccn4C(=O)OC(C)(C)C)CC(F)(F)C3)cn1. The van der Waals surface area contributed by atoms with Crippen LogP contribution in [0.2, 0.25) is 0 Å². The fraction of sp³-hybridized carbons (Fsp3) is 0.516. The predicted molar refractivity (Wildman–Crippen MR) is 295 cm³/mol. The molecule has 4 aromatic heterocycles. The van der Waals surface area contributed by atoms with E-state index in [1.54, 1.807) is 46.1 Å². The fourth-order valence-electron chi connectivity index (χ4n) is 13.1. The van der Waals surface area contributed by atoms with Crippen molar-refractivity contribution in [3.8, 4) is 0 Å². The predicted octanol–water partition coefficient (Wildman–Crippen LogP) is 14.0. The standard InChI is InChI=1S/2C31H37F2N3O4/c2*1-19-13-20(2)26-22(9-11-36(26)28(38)40-29(3,4)5)23(19)16-35-12-10-30(17-31(32,33)18-30)14-25(35)21-7-8-24(34-15-21)27(37)39-6/h2*7-9,11,13,15,25H,10,12,14,16-18H2,1-6H3/t2*25-/m11/s1. The highest BCUT2D eigenvalue weighted by atomic mass is 19.3. The molecule has 2 aromatic carbocycles. The number of ether oxygens (including phenoxy) is 4. The number of carbonyl (C=O) groups is 4. The van der Waals surface area contributed by atoms with E-state index in [1.807, 2.05) is 79.7 Å². The highest BCUT2D eigenvalue weighted by Gasteiger charge is 2.59. The molecule has 0 unspecified atom stereocenters. The molecule has 10 rings (SSSR count). The van der Waals surface area contributed by atoms with Gasteiger partial charge in [0.1, 0.15) is 22.6 Å². The Labute approximate surface area is 465 Å². The minimum Gasteiger partial charge on any atom is -0.464 e. The number of aromatic nitrogens is 4. The summed E-state index contributed by atoms with van der Waals surface area (Å²) in [6.45, 7) is 21.6. The largest absolute Gasteiger partial charge is 0.464 e. The van der Waals surface area contributed by atoms with E-state index in [9.17, 15) is 36.7 Å². The zero-order valence-electron chi connectivity index (χ0n) is 48.0. The van der Waals surface area contributed by atoms with Crippen molar-refractivity contribution >= 4 is 45.9 Å². The monoisotopic (exact) mass is 1110 g/mol. The Hall–Kier alpha value is -6.66. The van der Waals surface area contributed by atoms with E-state index < -0.39 is 58.0 Å².